The Hall–Kier alpha value is -3.33. The molecule has 35 heavy (non-hydrogen) atoms. The van der Waals surface area contributed by atoms with Crippen LogP contribution in [0.5, 0.6) is 11.5 Å². The molecule has 0 amide bonds. The Morgan fingerprint density at radius 3 is 2.40 bits per heavy atom. The summed E-state index contributed by atoms with van der Waals surface area (Å²) in [5.41, 5.74) is 2.52. The zero-order chi connectivity index (χ0) is 24.4. The van der Waals surface area contributed by atoms with Gasteiger partial charge in [0.15, 0.2) is 5.82 Å². The predicted octanol–water partition coefficient (Wildman–Crippen LogP) is 5.96. The molecule has 2 aromatic carbocycles. The maximum Gasteiger partial charge on any atom is 0.223 e. The fraction of sp³-hybridized carbons (Fsp3) is 0.240. The first kappa shape index (κ1) is 23.4. The van der Waals surface area contributed by atoms with E-state index in [2.05, 4.69) is 15.6 Å². The van der Waals surface area contributed by atoms with Gasteiger partial charge < -0.3 is 24.8 Å². The fourth-order valence-electron chi connectivity index (χ4n) is 3.92. The smallest absolute Gasteiger partial charge is 0.223 e. The molecule has 1 unspecified atom stereocenters. The van der Waals surface area contributed by atoms with Crippen molar-refractivity contribution in [1.29, 1.82) is 0 Å². The molecule has 8 nitrogen and oxygen atoms in total. The third-order valence-electron chi connectivity index (χ3n) is 5.70. The molecule has 1 aliphatic heterocycles. The van der Waals surface area contributed by atoms with Crippen LogP contribution in [0.2, 0.25) is 10.0 Å². The van der Waals surface area contributed by atoms with Crippen molar-refractivity contribution in [3.05, 3.63) is 58.7 Å². The predicted molar refractivity (Wildman–Crippen MR) is 138 cm³/mol. The summed E-state index contributed by atoms with van der Waals surface area (Å²) in [4.78, 5) is 14.2. The minimum absolute atomic E-state index is 0.173. The van der Waals surface area contributed by atoms with Crippen molar-refractivity contribution >= 4 is 51.6 Å². The van der Waals surface area contributed by atoms with Crippen LogP contribution in [-0.4, -0.2) is 48.4 Å². The van der Waals surface area contributed by atoms with Crippen molar-refractivity contribution in [2.24, 2.45) is 0 Å². The first-order chi connectivity index (χ1) is 17.1. The second-order valence-electron chi connectivity index (χ2n) is 7.97. The van der Waals surface area contributed by atoms with Crippen LogP contribution in [0.4, 0.5) is 17.5 Å². The quantitative estimate of drug-likeness (QED) is 0.314. The molecule has 2 aromatic heterocycles. The molecule has 3 heterocycles. The Morgan fingerprint density at radius 2 is 1.74 bits per heavy atom. The molecule has 180 valence electrons. The summed E-state index contributed by atoms with van der Waals surface area (Å²) in [5, 5.41) is 8.13. The normalized spacial score (nSPS) is 15.3. The van der Waals surface area contributed by atoms with E-state index >= 15 is 0 Å². The molecule has 0 spiro atoms. The number of anilines is 3. The second kappa shape index (κ2) is 10.1. The number of halogens is 2. The lowest BCUT2D eigenvalue weighted by Gasteiger charge is -2.17. The summed E-state index contributed by atoms with van der Waals surface area (Å²) in [6.45, 7) is 1.35. The van der Waals surface area contributed by atoms with Gasteiger partial charge in [0.25, 0.3) is 0 Å². The number of ether oxygens (including phenoxy) is 3. The van der Waals surface area contributed by atoms with Gasteiger partial charge in [-0.3, -0.25) is 0 Å². The average molecular weight is 512 g/mol. The molecule has 2 N–H and O–H groups in total. The van der Waals surface area contributed by atoms with Crippen LogP contribution >= 0.6 is 23.2 Å². The molecule has 10 heteroatoms. The molecule has 0 bridgehead atoms. The van der Waals surface area contributed by atoms with Crippen LogP contribution < -0.4 is 20.1 Å². The number of pyridine rings is 1. The summed E-state index contributed by atoms with van der Waals surface area (Å²) in [7, 11) is 3.07. The van der Waals surface area contributed by atoms with Gasteiger partial charge in [0.1, 0.15) is 17.0 Å². The number of aromatic nitrogens is 3. The van der Waals surface area contributed by atoms with E-state index < -0.39 is 0 Å². The van der Waals surface area contributed by atoms with Crippen molar-refractivity contribution < 1.29 is 14.2 Å². The number of benzene rings is 2. The van der Waals surface area contributed by atoms with Crippen LogP contribution in [0.25, 0.3) is 22.2 Å². The van der Waals surface area contributed by atoms with Crippen LogP contribution in [0.1, 0.15) is 6.42 Å². The number of fused-ring (bicyclic) bond motifs is 1. The monoisotopic (exact) mass is 511 g/mol. The Bertz CT molecular complexity index is 1340. The summed E-state index contributed by atoms with van der Waals surface area (Å²) in [6.07, 6.45) is 2.66. The maximum atomic E-state index is 6.68. The highest BCUT2D eigenvalue weighted by Gasteiger charge is 2.22. The maximum absolute atomic E-state index is 6.68. The van der Waals surface area contributed by atoms with Crippen molar-refractivity contribution in [2.45, 2.75) is 12.5 Å². The van der Waals surface area contributed by atoms with E-state index in [0.29, 0.717) is 56.7 Å². The number of hydrogen-bond acceptors (Lipinski definition) is 8. The van der Waals surface area contributed by atoms with E-state index in [-0.39, 0.29) is 6.04 Å². The fourth-order valence-corrected chi connectivity index (χ4v) is 4.62. The molecule has 4 aromatic rings. The number of nitrogens with zero attached hydrogens (tertiary/aromatic N) is 3. The summed E-state index contributed by atoms with van der Waals surface area (Å²) >= 11 is 13.4. The Labute approximate surface area is 212 Å². The number of rotatable bonds is 7. The van der Waals surface area contributed by atoms with Gasteiger partial charge in [-0.25, -0.2) is 15.0 Å². The van der Waals surface area contributed by atoms with Gasteiger partial charge in [-0.15, -0.1) is 0 Å². The lowest BCUT2D eigenvalue weighted by atomic mass is 10.1. The van der Waals surface area contributed by atoms with Crippen molar-refractivity contribution in [3.63, 3.8) is 0 Å². The van der Waals surface area contributed by atoms with Crippen LogP contribution in [0, 0.1) is 0 Å². The highest BCUT2D eigenvalue weighted by atomic mass is 35.5. The van der Waals surface area contributed by atoms with Gasteiger partial charge >= 0.3 is 0 Å². The minimum atomic E-state index is 0.173. The molecule has 1 aliphatic rings. The molecule has 5 rings (SSSR count). The molecule has 0 saturated carbocycles. The van der Waals surface area contributed by atoms with Gasteiger partial charge in [-0.2, -0.15) is 0 Å². The van der Waals surface area contributed by atoms with E-state index in [1.807, 2.05) is 36.4 Å². The SMILES string of the molecule is COc1cc(OC)c(Cl)c(-c2cc3cnc(NC4CCOC4)nc3c(Nc3ccccc3)n2)c1Cl. The number of nitrogens with one attached hydrogen (secondary N) is 2. The van der Waals surface area contributed by atoms with Crippen molar-refractivity contribution in [2.75, 3.05) is 38.1 Å². The average Bonchev–Trinajstić information content (AvgIpc) is 3.38. The molecule has 0 radical (unpaired) electrons. The Kier molecular flexibility index (Phi) is 6.77. The zero-order valence-corrected chi connectivity index (χ0v) is 20.7. The number of methoxy groups -OCH3 is 2. The minimum Gasteiger partial charge on any atom is -0.495 e. The standard InChI is InChI=1S/C25H23Cl2N5O3/c1-33-18-11-19(34-2)22(27)20(21(18)26)17-10-14-12-28-25(30-16-8-9-35-13-16)32-23(14)24(31-17)29-15-6-4-3-5-7-15/h3-7,10-12,16H,8-9,13H2,1-2H3,(H,29,31)(H,28,30,32). The molecular weight excluding hydrogens is 489 g/mol. The third-order valence-corrected chi connectivity index (χ3v) is 6.45. The van der Waals surface area contributed by atoms with E-state index in [1.54, 1.807) is 12.3 Å². The van der Waals surface area contributed by atoms with Crippen molar-refractivity contribution in [1.82, 2.24) is 15.0 Å². The van der Waals surface area contributed by atoms with E-state index in [0.717, 1.165) is 24.1 Å². The summed E-state index contributed by atoms with van der Waals surface area (Å²) in [6, 6.07) is 13.4. The van der Waals surface area contributed by atoms with Crippen molar-refractivity contribution in [3.8, 4) is 22.8 Å². The third kappa shape index (κ3) is 4.77. The van der Waals surface area contributed by atoms with Gasteiger partial charge in [0.05, 0.1) is 42.6 Å². The molecule has 1 fully saturated rings. The number of para-hydroxylation sites is 1. The highest BCUT2D eigenvalue weighted by molar-refractivity contribution is 6.41. The van der Waals surface area contributed by atoms with Gasteiger partial charge in [-0.05, 0) is 24.6 Å². The lowest BCUT2D eigenvalue weighted by Crippen LogP contribution is -2.20. The lowest BCUT2D eigenvalue weighted by molar-refractivity contribution is 0.195. The summed E-state index contributed by atoms with van der Waals surface area (Å²) < 4.78 is 16.3. The van der Waals surface area contributed by atoms with Crippen LogP contribution in [-0.2, 0) is 4.74 Å². The van der Waals surface area contributed by atoms with Gasteiger partial charge in [0, 0.05) is 35.5 Å². The van der Waals surface area contributed by atoms with Crippen LogP contribution in [0.3, 0.4) is 0 Å². The van der Waals surface area contributed by atoms with Gasteiger partial charge in [-0.1, -0.05) is 41.4 Å². The van der Waals surface area contributed by atoms with Gasteiger partial charge in [0.2, 0.25) is 5.95 Å². The first-order valence-electron chi connectivity index (χ1n) is 11.0. The molecule has 1 atom stereocenters. The van der Waals surface area contributed by atoms with E-state index in [4.69, 9.17) is 47.4 Å². The Morgan fingerprint density at radius 1 is 1.00 bits per heavy atom. The Balaban J connectivity index is 1.67. The van der Waals surface area contributed by atoms with E-state index in [1.165, 1.54) is 14.2 Å². The largest absolute Gasteiger partial charge is 0.495 e. The van der Waals surface area contributed by atoms with E-state index in [9.17, 15) is 0 Å². The van der Waals surface area contributed by atoms with Crippen LogP contribution in [0.15, 0.2) is 48.7 Å². The zero-order valence-electron chi connectivity index (χ0n) is 19.1. The number of hydrogen-bond donors (Lipinski definition) is 2. The first-order valence-corrected chi connectivity index (χ1v) is 11.8. The second-order valence-corrected chi connectivity index (χ2v) is 8.72. The highest BCUT2D eigenvalue weighted by Crippen LogP contribution is 2.46. The molecule has 1 saturated heterocycles. The molecule has 0 aliphatic carbocycles. The topological polar surface area (TPSA) is 90.4 Å². The molecular formula is C25H23Cl2N5O3. The summed E-state index contributed by atoms with van der Waals surface area (Å²) in [5.74, 6) is 1.90.